The van der Waals surface area contributed by atoms with Gasteiger partial charge < -0.3 is 10.1 Å². The second kappa shape index (κ2) is 10.3. The maximum atomic E-state index is 12.8. The van der Waals surface area contributed by atoms with Gasteiger partial charge in [0.05, 0.1) is 5.92 Å². The second-order valence-electron chi connectivity index (χ2n) is 7.83. The first-order valence-electron chi connectivity index (χ1n) is 10.2. The molecule has 3 nitrogen and oxygen atoms in total. The van der Waals surface area contributed by atoms with E-state index in [9.17, 15) is 4.79 Å². The minimum absolute atomic E-state index is 0.0828. The summed E-state index contributed by atoms with van der Waals surface area (Å²) in [6, 6.07) is 0. The van der Waals surface area contributed by atoms with E-state index in [0.29, 0.717) is 3.92 Å². The van der Waals surface area contributed by atoms with Gasteiger partial charge in [0.2, 0.25) is 0 Å². The highest BCUT2D eigenvalue weighted by molar-refractivity contribution is 14.1. The smallest absolute Gasteiger partial charge is 0.309 e. The molecule has 1 aliphatic heterocycles. The molecular formula is C20H36INO2. The Hall–Kier alpha value is 0.160. The molecule has 0 amide bonds. The van der Waals surface area contributed by atoms with Gasteiger partial charge in [-0.05, 0) is 51.6 Å². The Balaban J connectivity index is 1.85. The largest absolute Gasteiger partial charge is 0.460 e. The Morgan fingerprint density at radius 2 is 1.88 bits per heavy atom. The third-order valence-electron chi connectivity index (χ3n) is 6.17. The number of halogens is 1. The number of hydrogen-bond acceptors (Lipinski definition) is 3. The Morgan fingerprint density at radius 3 is 2.54 bits per heavy atom. The fourth-order valence-corrected chi connectivity index (χ4v) is 5.69. The van der Waals surface area contributed by atoms with E-state index in [1.165, 1.54) is 44.9 Å². The highest BCUT2D eigenvalue weighted by atomic mass is 127. The number of esters is 1. The predicted molar refractivity (Wildman–Crippen MR) is 109 cm³/mol. The number of hydrogen-bond donors (Lipinski definition) is 1. The van der Waals surface area contributed by atoms with Gasteiger partial charge >= 0.3 is 5.97 Å². The zero-order valence-electron chi connectivity index (χ0n) is 15.6. The van der Waals surface area contributed by atoms with Gasteiger partial charge in [0.1, 0.15) is 6.10 Å². The third kappa shape index (κ3) is 5.33. The summed E-state index contributed by atoms with van der Waals surface area (Å²) in [5, 5.41) is 3.46. The summed E-state index contributed by atoms with van der Waals surface area (Å²) in [4.78, 5) is 12.8. The lowest BCUT2D eigenvalue weighted by molar-refractivity contribution is -0.160. The van der Waals surface area contributed by atoms with Crippen LogP contribution in [0.4, 0.5) is 0 Å². The summed E-state index contributed by atoms with van der Waals surface area (Å²) in [7, 11) is 0. The lowest BCUT2D eigenvalue weighted by atomic mass is 9.75. The van der Waals surface area contributed by atoms with E-state index in [1.807, 2.05) is 0 Å². The van der Waals surface area contributed by atoms with Crippen molar-refractivity contribution < 1.29 is 9.53 Å². The van der Waals surface area contributed by atoms with Crippen LogP contribution in [0, 0.1) is 11.3 Å². The molecule has 0 aromatic rings. The molecule has 2 rings (SSSR count). The molecule has 0 radical (unpaired) electrons. The topological polar surface area (TPSA) is 38.3 Å². The second-order valence-corrected chi connectivity index (χ2v) is 9.43. The van der Waals surface area contributed by atoms with E-state index in [1.54, 1.807) is 0 Å². The average Bonchev–Trinajstić information content (AvgIpc) is 2.88. The Bertz CT molecular complexity index is 376. The monoisotopic (exact) mass is 449 g/mol. The molecule has 1 saturated heterocycles. The van der Waals surface area contributed by atoms with Gasteiger partial charge in [-0.2, -0.15) is 0 Å². The number of nitrogens with one attached hydrogen (secondary N) is 1. The highest BCUT2D eigenvalue weighted by Gasteiger charge is 2.50. The van der Waals surface area contributed by atoms with Crippen molar-refractivity contribution >= 4 is 28.6 Å². The number of unbranched alkanes of at least 4 members (excludes halogenated alkanes) is 4. The van der Waals surface area contributed by atoms with Gasteiger partial charge in [0.25, 0.3) is 0 Å². The zero-order chi connectivity index (χ0) is 17.4. The van der Waals surface area contributed by atoms with Crippen molar-refractivity contribution in [3.05, 3.63) is 0 Å². The molecule has 0 bridgehead atoms. The van der Waals surface area contributed by atoms with Gasteiger partial charge in [-0.15, -0.1) is 0 Å². The standard InChI is InChI=1S/C20H36INO2/c1-3-5-6-7-8-9-16(4-2)19(23)24-18-17(21)10-11-20(18)12-14-22-15-13-20/h16-18,22H,3-15H2,1-2H3. The number of ether oxygens (including phenoxy) is 1. The van der Waals surface area contributed by atoms with Crippen molar-refractivity contribution in [2.75, 3.05) is 13.1 Å². The molecular weight excluding hydrogens is 413 g/mol. The molecule has 0 aromatic carbocycles. The van der Waals surface area contributed by atoms with E-state index < -0.39 is 0 Å². The zero-order valence-corrected chi connectivity index (χ0v) is 17.8. The summed E-state index contributed by atoms with van der Waals surface area (Å²) >= 11 is 2.52. The van der Waals surface area contributed by atoms with Gasteiger partial charge in [-0.25, -0.2) is 0 Å². The maximum absolute atomic E-state index is 12.8. The molecule has 24 heavy (non-hydrogen) atoms. The van der Waals surface area contributed by atoms with E-state index in [-0.39, 0.29) is 23.4 Å². The van der Waals surface area contributed by atoms with Crippen LogP contribution >= 0.6 is 22.6 Å². The van der Waals surface area contributed by atoms with E-state index >= 15 is 0 Å². The van der Waals surface area contributed by atoms with Gasteiger partial charge in [0, 0.05) is 9.34 Å². The molecule has 1 heterocycles. The Labute approximate surface area is 162 Å². The van der Waals surface area contributed by atoms with Crippen LogP contribution in [0.3, 0.4) is 0 Å². The number of alkyl halides is 1. The molecule has 140 valence electrons. The summed E-state index contributed by atoms with van der Waals surface area (Å²) in [5.74, 6) is 0.189. The van der Waals surface area contributed by atoms with Crippen molar-refractivity contribution in [2.45, 2.75) is 94.5 Å². The van der Waals surface area contributed by atoms with Gasteiger partial charge in [-0.3, -0.25) is 4.79 Å². The molecule has 3 unspecified atom stereocenters. The Morgan fingerprint density at radius 1 is 1.17 bits per heavy atom. The van der Waals surface area contributed by atoms with Crippen LogP contribution in [-0.4, -0.2) is 29.1 Å². The predicted octanol–water partition coefficient (Wildman–Crippen LogP) is 5.25. The van der Waals surface area contributed by atoms with Crippen molar-refractivity contribution in [1.82, 2.24) is 5.32 Å². The molecule has 1 saturated carbocycles. The molecule has 1 N–H and O–H groups in total. The lowest BCUT2D eigenvalue weighted by Gasteiger charge is -2.39. The van der Waals surface area contributed by atoms with E-state index in [4.69, 9.17) is 4.74 Å². The van der Waals surface area contributed by atoms with Gasteiger partial charge in [-0.1, -0.05) is 68.5 Å². The molecule has 0 aromatic heterocycles. The number of rotatable bonds is 9. The van der Waals surface area contributed by atoms with E-state index in [0.717, 1.165) is 38.8 Å². The van der Waals surface area contributed by atoms with Crippen LogP contribution in [-0.2, 0) is 9.53 Å². The molecule has 4 heteroatoms. The maximum Gasteiger partial charge on any atom is 0.309 e. The summed E-state index contributed by atoms with van der Waals surface area (Å²) < 4.78 is 6.67. The van der Waals surface area contributed by atoms with Crippen LogP contribution in [0.25, 0.3) is 0 Å². The first-order chi connectivity index (χ1) is 11.6. The van der Waals surface area contributed by atoms with Crippen molar-refractivity contribution in [3.8, 4) is 0 Å². The normalized spacial score (nSPS) is 27.3. The molecule has 1 spiro atoms. The van der Waals surface area contributed by atoms with Crippen LogP contribution in [0.2, 0.25) is 0 Å². The summed E-state index contributed by atoms with van der Waals surface area (Å²) in [6.07, 6.45) is 13.1. The first-order valence-corrected chi connectivity index (χ1v) is 11.4. The molecule has 1 aliphatic carbocycles. The third-order valence-corrected chi connectivity index (χ3v) is 7.45. The minimum atomic E-state index is 0.0828. The quantitative estimate of drug-likeness (QED) is 0.226. The van der Waals surface area contributed by atoms with Crippen molar-refractivity contribution in [3.63, 3.8) is 0 Å². The summed E-state index contributed by atoms with van der Waals surface area (Å²) in [5.41, 5.74) is 0.256. The van der Waals surface area contributed by atoms with Crippen LogP contribution in [0.15, 0.2) is 0 Å². The van der Waals surface area contributed by atoms with Crippen LogP contribution in [0.5, 0.6) is 0 Å². The number of carbonyl (C=O) groups excluding carboxylic acids is 1. The lowest BCUT2D eigenvalue weighted by Crippen LogP contribution is -2.45. The Kier molecular flexibility index (Phi) is 8.82. The fraction of sp³-hybridized carbons (Fsp3) is 0.950. The number of piperidine rings is 1. The summed E-state index contributed by atoms with van der Waals surface area (Å²) in [6.45, 7) is 6.53. The van der Waals surface area contributed by atoms with Crippen molar-refractivity contribution in [2.24, 2.45) is 11.3 Å². The highest BCUT2D eigenvalue weighted by Crippen LogP contribution is 2.49. The average molecular weight is 449 g/mol. The van der Waals surface area contributed by atoms with Crippen molar-refractivity contribution in [1.29, 1.82) is 0 Å². The van der Waals surface area contributed by atoms with Crippen LogP contribution in [0.1, 0.15) is 84.5 Å². The van der Waals surface area contributed by atoms with Crippen LogP contribution < -0.4 is 5.32 Å². The first kappa shape index (κ1) is 20.5. The molecule has 2 aliphatic rings. The number of carbonyl (C=O) groups is 1. The van der Waals surface area contributed by atoms with Gasteiger partial charge in [0.15, 0.2) is 0 Å². The minimum Gasteiger partial charge on any atom is -0.460 e. The van der Waals surface area contributed by atoms with E-state index in [2.05, 4.69) is 41.8 Å². The molecule has 3 atom stereocenters. The SMILES string of the molecule is CCCCCCCC(CC)C(=O)OC1C(I)CCC12CCNCC2. The fourth-order valence-electron chi connectivity index (χ4n) is 4.46. The molecule has 2 fully saturated rings.